The van der Waals surface area contributed by atoms with Crippen LogP contribution >= 0.6 is 11.8 Å². The molecule has 0 amide bonds. The summed E-state index contributed by atoms with van der Waals surface area (Å²) < 4.78 is 0. The van der Waals surface area contributed by atoms with Crippen molar-refractivity contribution in [2.75, 3.05) is 30.9 Å². The van der Waals surface area contributed by atoms with Gasteiger partial charge in [-0.3, -0.25) is 0 Å². The monoisotopic (exact) mass is 393 g/mol. The molecule has 0 spiro atoms. The van der Waals surface area contributed by atoms with E-state index in [9.17, 15) is 5.26 Å². The van der Waals surface area contributed by atoms with Crippen LogP contribution in [0.15, 0.2) is 46.7 Å². The van der Waals surface area contributed by atoms with E-state index in [1.807, 2.05) is 36.7 Å². The molecule has 0 unspecified atom stereocenters. The maximum atomic E-state index is 9.60. The lowest BCUT2D eigenvalue weighted by atomic mass is 10.2. The Kier molecular flexibility index (Phi) is 6.50. The van der Waals surface area contributed by atoms with Gasteiger partial charge in [0.25, 0.3) is 0 Å². The number of hydrogen-bond acceptors (Lipinski definition) is 8. The highest BCUT2D eigenvalue weighted by Crippen LogP contribution is 2.31. The van der Waals surface area contributed by atoms with E-state index in [4.69, 9.17) is 0 Å². The first-order valence-corrected chi connectivity index (χ1v) is 9.95. The molecule has 2 aromatic rings. The first kappa shape index (κ1) is 19.7. The fourth-order valence-corrected chi connectivity index (χ4v) is 3.53. The molecule has 1 aliphatic rings. The van der Waals surface area contributed by atoms with E-state index in [0.717, 1.165) is 34.9 Å². The van der Waals surface area contributed by atoms with Crippen molar-refractivity contribution in [3.8, 4) is 6.07 Å². The zero-order valence-corrected chi connectivity index (χ0v) is 17.0. The van der Waals surface area contributed by atoms with Gasteiger partial charge in [-0.25, -0.2) is 15.0 Å². The maximum Gasteiger partial charge on any atom is 0.223 e. The van der Waals surface area contributed by atoms with Gasteiger partial charge >= 0.3 is 0 Å². The molecule has 0 atom stereocenters. The molecule has 2 N–H and O–H groups in total. The van der Waals surface area contributed by atoms with E-state index < -0.39 is 0 Å². The minimum atomic E-state index is 0.510. The van der Waals surface area contributed by atoms with Crippen LogP contribution in [0.4, 0.5) is 11.8 Å². The summed E-state index contributed by atoms with van der Waals surface area (Å²) in [5.74, 6) is 1.44. The Morgan fingerprint density at radius 1 is 1.29 bits per heavy atom. The third kappa shape index (κ3) is 4.81. The number of nitriles is 1. The summed E-state index contributed by atoms with van der Waals surface area (Å²) >= 11 is 1.52. The lowest BCUT2D eigenvalue weighted by Gasteiger charge is -2.11. The van der Waals surface area contributed by atoms with Crippen molar-refractivity contribution in [1.29, 1.82) is 5.26 Å². The number of hydrogen-bond donors (Lipinski definition) is 2. The van der Waals surface area contributed by atoms with Gasteiger partial charge in [-0.2, -0.15) is 5.26 Å². The Morgan fingerprint density at radius 3 is 2.79 bits per heavy atom. The molecule has 0 aromatic carbocycles. The van der Waals surface area contributed by atoms with Crippen LogP contribution in [0.25, 0.3) is 5.57 Å². The Balaban J connectivity index is 1.63. The largest absolute Gasteiger partial charge is 0.363 e. The molecule has 0 radical (unpaired) electrons. The molecule has 7 nitrogen and oxygen atoms in total. The molecule has 3 rings (SSSR count). The molecule has 3 heterocycles. The Labute approximate surface area is 169 Å². The van der Waals surface area contributed by atoms with E-state index in [1.165, 1.54) is 11.8 Å². The number of aromatic nitrogens is 3. The second-order valence-corrected chi connectivity index (χ2v) is 7.30. The Hall–Kier alpha value is -3.05. The zero-order chi connectivity index (χ0) is 19.9. The van der Waals surface area contributed by atoms with Crippen LogP contribution in [-0.4, -0.2) is 35.6 Å². The first-order chi connectivity index (χ1) is 13.6. The van der Waals surface area contributed by atoms with Gasteiger partial charge in [0.2, 0.25) is 5.95 Å². The third-order valence-electron chi connectivity index (χ3n) is 4.19. The highest BCUT2D eigenvalue weighted by Gasteiger charge is 2.16. The average molecular weight is 394 g/mol. The van der Waals surface area contributed by atoms with E-state index in [0.29, 0.717) is 23.8 Å². The Bertz CT molecular complexity index is 926. The Morgan fingerprint density at radius 2 is 2.14 bits per heavy atom. The quantitative estimate of drug-likeness (QED) is 0.692. The summed E-state index contributed by atoms with van der Waals surface area (Å²) in [6.45, 7) is 2.75. The fourth-order valence-electron chi connectivity index (χ4n) is 2.58. The molecular formula is C20H23N7S. The highest BCUT2D eigenvalue weighted by atomic mass is 32.2. The van der Waals surface area contributed by atoms with E-state index >= 15 is 0 Å². The van der Waals surface area contributed by atoms with E-state index in [1.54, 1.807) is 12.3 Å². The molecule has 0 bridgehead atoms. The second-order valence-electron chi connectivity index (χ2n) is 6.42. The van der Waals surface area contributed by atoms with Crippen LogP contribution in [0.3, 0.4) is 0 Å². The van der Waals surface area contributed by atoms with Crippen molar-refractivity contribution in [2.24, 2.45) is 0 Å². The molecule has 1 aliphatic heterocycles. The van der Waals surface area contributed by atoms with Crippen LogP contribution in [-0.2, 0) is 6.42 Å². The summed E-state index contributed by atoms with van der Waals surface area (Å²) in [5.41, 5.74) is 3.38. The lowest BCUT2D eigenvalue weighted by molar-refractivity contribution is 0.949. The smallest absolute Gasteiger partial charge is 0.223 e. The van der Waals surface area contributed by atoms with Crippen molar-refractivity contribution in [3.05, 3.63) is 58.0 Å². The minimum absolute atomic E-state index is 0.510. The summed E-state index contributed by atoms with van der Waals surface area (Å²) in [6.07, 6.45) is 5.26. The highest BCUT2D eigenvalue weighted by molar-refractivity contribution is 8.06. The van der Waals surface area contributed by atoms with Gasteiger partial charge in [0.05, 0.1) is 10.7 Å². The molecule has 0 saturated heterocycles. The number of allylic oxidation sites excluding steroid dienone is 2. The van der Waals surface area contributed by atoms with Gasteiger partial charge in [0.1, 0.15) is 17.5 Å². The third-order valence-corrected chi connectivity index (χ3v) is 5.13. The molecule has 28 heavy (non-hydrogen) atoms. The normalized spacial score (nSPS) is 14.7. The number of nitrogens with zero attached hydrogens (tertiary/aromatic N) is 5. The number of thioether (sulfide) groups is 1. The fraction of sp³-hybridized carbons (Fsp3) is 0.300. The van der Waals surface area contributed by atoms with Gasteiger partial charge in [-0.05, 0) is 35.9 Å². The predicted octanol–water partition coefficient (Wildman–Crippen LogP) is 3.37. The lowest BCUT2D eigenvalue weighted by Crippen LogP contribution is -2.12. The number of rotatable bonds is 7. The van der Waals surface area contributed by atoms with Gasteiger partial charge in [0.15, 0.2) is 0 Å². The number of anilines is 2. The predicted molar refractivity (Wildman–Crippen MR) is 114 cm³/mol. The van der Waals surface area contributed by atoms with Crippen LogP contribution in [0.1, 0.15) is 24.6 Å². The summed E-state index contributed by atoms with van der Waals surface area (Å²) in [6, 6.07) is 8.09. The number of pyridine rings is 1. The molecular weight excluding hydrogens is 370 g/mol. The van der Waals surface area contributed by atoms with Crippen molar-refractivity contribution in [2.45, 2.75) is 19.8 Å². The standard InChI is InChI=1S/C20H23N7S/c1-4-15-13-28-19(25-15)16(11-21)17-8-10-23-20(26-17)22-9-7-14-5-6-18(24-12-14)27(2)3/h5-6,8,10,12-13,25H,4,7,9H2,1-3H3,(H,22,23,26)/b19-16-. The molecule has 8 heteroatoms. The summed E-state index contributed by atoms with van der Waals surface area (Å²) in [4.78, 5) is 15.2. The van der Waals surface area contributed by atoms with Gasteiger partial charge in [0, 0.05) is 38.7 Å². The van der Waals surface area contributed by atoms with Crippen LogP contribution in [0.5, 0.6) is 0 Å². The molecule has 0 fully saturated rings. The topological polar surface area (TPSA) is 89.8 Å². The van der Waals surface area contributed by atoms with E-state index in [-0.39, 0.29) is 0 Å². The van der Waals surface area contributed by atoms with Crippen LogP contribution in [0.2, 0.25) is 0 Å². The van der Waals surface area contributed by atoms with Gasteiger partial charge in [-0.1, -0.05) is 24.8 Å². The first-order valence-electron chi connectivity index (χ1n) is 9.07. The zero-order valence-electron chi connectivity index (χ0n) is 16.2. The molecule has 0 saturated carbocycles. The van der Waals surface area contributed by atoms with Crippen molar-refractivity contribution in [3.63, 3.8) is 0 Å². The van der Waals surface area contributed by atoms with Crippen molar-refractivity contribution in [1.82, 2.24) is 20.3 Å². The average Bonchev–Trinajstić information content (AvgIpc) is 3.18. The second kappa shape index (κ2) is 9.24. The summed E-state index contributed by atoms with van der Waals surface area (Å²) in [5, 5.41) is 19.0. The van der Waals surface area contributed by atoms with Crippen LogP contribution < -0.4 is 15.5 Å². The molecule has 144 valence electrons. The number of nitrogens with one attached hydrogen (secondary N) is 2. The summed E-state index contributed by atoms with van der Waals surface area (Å²) in [7, 11) is 3.94. The van der Waals surface area contributed by atoms with E-state index in [2.05, 4.69) is 44.6 Å². The van der Waals surface area contributed by atoms with Gasteiger partial charge in [-0.15, -0.1) is 0 Å². The van der Waals surface area contributed by atoms with Crippen LogP contribution in [0, 0.1) is 11.3 Å². The molecule has 2 aromatic heterocycles. The minimum Gasteiger partial charge on any atom is -0.363 e. The maximum absolute atomic E-state index is 9.60. The molecule has 0 aliphatic carbocycles. The SMILES string of the molecule is CCC1=CS/C(=C(/C#N)c2ccnc(NCCc3ccc(N(C)C)nc3)n2)N1. The van der Waals surface area contributed by atoms with Crippen molar-refractivity contribution < 1.29 is 0 Å². The van der Waals surface area contributed by atoms with Crippen molar-refractivity contribution >= 4 is 29.1 Å². The van der Waals surface area contributed by atoms with Gasteiger partial charge < -0.3 is 15.5 Å².